The average Bonchev–Trinajstić information content (AvgIpc) is 1.99. The molecule has 0 saturated carbocycles. The van der Waals surface area contributed by atoms with E-state index >= 15 is 0 Å². The second-order valence-electron chi connectivity index (χ2n) is 2.61. The Balaban J connectivity index is 2.97. The number of rotatable bonds is 7. The summed E-state index contributed by atoms with van der Waals surface area (Å²) in [6.07, 6.45) is 0.920. The van der Waals surface area contributed by atoms with E-state index in [0.717, 1.165) is 24.5 Å². The molecular weight excluding hydrogens is 158 g/mol. The maximum Gasteiger partial charge on any atom is 0.0438 e. The monoisotopic (exact) mass is 177 g/mol. The van der Waals surface area contributed by atoms with Crippen LogP contribution in [0.1, 0.15) is 20.3 Å². The van der Waals surface area contributed by atoms with Crippen molar-refractivity contribution in [3.63, 3.8) is 0 Å². The van der Waals surface area contributed by atoms with Crippen molar-refractivity contribution < 1.29 is 5.11 Å². The third kappa shape index (κ3) is 8.17. The second kappa shape index (κ2) is 8.37. The second-order valence-corrected chi connectivity index (χ2v) is 3.76. The highest BCUT2D eigenvalue weighted by Gasteiger charge is 1.97. The molecule has 3 heteroatoms. The minimum Gasteiger partial charge on any atom is -0.396 e. The Kier molecular flexibility index (Phi) is 8.57. The Morgan fingerprint density at radius 2 is 2.27 bits per heavy atom. The Morgan fingerprint density at radius 3 is 2.82 bits per heavy atom. The van der Waals surface area contributed by atoms with Crippen LogP contribution in [0.15, 0.2) is 0 Å². The van der Waals surface area contributed by atoms with Crippen molar-refractivity contribution >= 4 is 11.8 Å². The first-order valence-corrected chi connectivity index (χ1v) is 5.38. The normalized spacial score (nSPS) is 13.4. The summed E-state index contributed by atoms with van der Waals surface area (Å²) in [4.78, 5) is 0. The van der Waals surface area contributed by atoms with Crippen LogP contribution in [0.5, 0.6) is 0 Å². The predicted octanol–water partition coefficient (Wildman–Crippen LogP) is 1.10. The van der Waals surface area contributed by atoms with E-state index in [1.807, 2.05) is 11.8 Å². The zero-order chi connectivity index (χ0) is 8.53. The Hall–Kier alpha value is 0.270. The van der Waals surface area contributed by atoms with E-state index in [4.69, 9.17) is 5.11 Å². The van der Waals surface area contributed by atoms with Gasteiger partial charge in [-0.05, 0) is 25.6 Å². The topological polar surface area (TPSA) is 32.3 Å². The molecule has 0 heterocycles. The zero-order valence-corrected chi connectivity index (χ0v) is 8.28. The first-order chi connectivity index (χ1) is 5.31. The molecule has 11 heavy (non-hydrogen) atoms. The van der Waals surface area contributed by atoms with Gasteiger partial charge in [-0.15, -0.1) is 0 Å². The highest BCUT2D eigenvalue weighted by Crippen LogP contribution is 2.03. The summed E-state index contributed by atoms with van der Waals surface area (Å²) in [5, 5.41) is 11.8. The van der Waals surface area contributed by atoms with Crippen LogP contribution in [0, 0.1) is 0 Å². The van der Waals surface area contributed by atoms with Crippen molar-refractivity contribution in [3.05, 3.63) is 0 Å². The minimum absolute atomic E-state index is 0.322. The Morgan fingerprint density at radius 1 is 1.55 bits per heavy atom. The zero-order valence-electron chi connectivity index (χ0n) is 7.47. The highest BCUT2D eigenvalue weighted by molar-refractivity contribution is 7.99. The fourth-order valence-electron chi connectivity index (χ4n) is 0.834. The van der Waals surface area contributed by atoms with Crippen molar-refractivity contribution in [2.24, 2.45) is 0 Å². The molecule has 2 nitrogen and oxygen atoms in total. The summed E-state index contributed by atoms with van der Waals surface area (Å²) in [5.74, 6) is 2.22. The lowest BCUT2D eigenvalue weighted by atomic mass is 10.4. The fourth-order valence-corrected chi connectivity index (χ4v) is 1.81. The largest absolute Gasteiger partial charge is 0.396 e. The van der Waals surface area contributed by atoms with Gasteiger partial charge in [0.2, 0.25) is 0 Å². The number of nitrogens with one attached hydrogen (secondary N) is 1. The van der Waals surface area contributed by atoms with Crippen LogP contribution in [0.3, 0.4) is 0 Å². The van der Waals surface area contributed by atoms with Crippen molar-refractivity contribution in [1.29, 1.82) is 0 Å². The number of thioether (sulfide) groups is 1. The molecule has 0 spiro atoms. The smallest absolute Gasteiger partial charge is 0.0438 e. The molecule has 1 atom stereocenters. The van der Waals surface area contributed by atoms with E-state index in [9.17, 15) is 0 Å². The Bertz CT molecular complexity index is 80.5. The number of aliphatic hydroxyl groups is 1. The molecule has 0 aromatic rings. The average molecular weight is 177 g/mol. The van der Waals surface area contributed by atoms with Gasteiger partial charge >= 0.3 is 0 Å². The molecule has 0 fully saturated rings. The van der Waals surface area contributed by atoms with Crippen LogP contribution in [-0.2, 0) is 0 Å². The van der Waals surface area contributed by atoms with Gasteiger partial charge in [0, 0.05) is 18.4 Å². The number of hydrogen-bond donors (Lipinski definition) is 2. The van der Waals surface area contributed by atoms with E-state index in [0.29, 0.717) is 12.6 Å². The van der Waals surface area contributed by atoms with Crippen molar-refractivity contribution in [2.75, 3.05) is 24.7 Å². The molecule has 68 valence electrons. The van der Waals surface area contributed by atoms with Gasteiger partial charge in [0.25, 0.3) is 0 Å². The Labute approximate surface area is 73.8 Å². The van der Waals surface area contributed by atoms with Crippen LogP contribution in [-0.4, -0.2) is 35.8 Å². The number of hydrogen-bond acceptors (Lipinski definition) is 3. The predicted molar refractivity (Wildman–Crippen MR) is 52.2 cm³/mol. The molecule has 0 saturated heterocycles. The minimum atomic E-state index is 0.322. The van der Waals surface area contributed by atoms with Crippen LogP contribution in [0.25, 0.3) is 0 Å². The molecule has 0 aromatic heterocycles. The molecule has 0 aliphatic carbocycles. The molecule has 0 aliphatic rings. The van der Waals surface area contributed by atoms with Crippen LogP contribution in [0.4, 0.5) is 0 Å². The van der Waals surface area contributed by atoms with Gasteiger partial charge in [-0.25, -0.2) is 0 Å². The summed E-state index contributed by atoms with van der Waals surface area (Å²) in [6, 6.07) is 0.601. The van der Waals surface area contributed by atoms with Crippen molar-refractivity contribution in [1.82, 2.24) is 5.32 Å². The van der Waals surface area contributed by atoms with E-state index in [-0.39, 0.29) is 0 Å². The molecule has 0 aromatic carbocycles. The van der Waals surface area contributed by atoms with E-state index < -0.39 is 0 Å². The quantitative estimate of drug-likeness (QED) is 0.571. The summed E-state index contributed by atoms with van der Waals surface area (Å²) >= 11 is 1.90. The van der Waals surface area contributed by atoms with Gasteiger partial charge in [-0.3, -0.25) is 0 Å². The molecule has 0 amide bonds. The summed E-state index contributed by atoms with van der Waals surface area (Å²) in [6.45, 7) is 5.68. The van der Waals surface area contributed by atoms with Crippen LogP contribution in [0.2, 0.25) is 0 Å². The molecular formula is C8H19NOS. The lowest BCUT2D eigenvalue weighted by molar-refractivity contribution is 0.296. The molecule has 2 N–H and O–H groups in total. The lowest BCUT2D eigenvalue weighted by Crippen LogP contribution is -2.27. The van der Waals surface area contributed by atoms with Gasteiger partial charge < -0.3 is 10.4 Å². The van der Waals surface area contributed by atoms with Gasteiger partial charge in [-0.1, -0.05) is 6.92 Å². The third-order valence-corrected chi connectivity index (χ3v) is 2.68. The summed E-state index contributed by atoms with van der Waals surface area (Å²) < 4.78 is 0. The van der Waals surface area contributed by atoms with Gasteiger partial charge in [0.15, 0.2) is 0 Å². The molecule has 0 radical (unpaired) electrons. The van der Waals surface area contributed by atoms with E-state index in [2.05, 4.69) is 19.2 Å². The SMILES string of the molecule is CCNC(C)CSCCCO. The summed E-state index contributed by atoms with van der Waals surface area (Å²) in [7, 11) is 0. The van der Waals surface area contributed by atoms with Crippen LogP contribution >= 0.6 is 11.8 Å². The van der Waals surface area contributed by atoms with E-state index in [1.165, 1.54) is 0 Å². The highest BCUT2D eigenvalue weighted by atomic mass is 32.2. The molecule has 0 bridgehead atoms. The third-order valence-electron chi connectivity index (χ3n) is 1.37. The van der Waals surface area contributed by atoms with Gasteiger partial charge in [0.1, 0.15) is 0 Å². The molecule has 0 rings (SSSR count). The first kappa shape index (κ1) is 11.3. The molecule has 1 unspecified atom stereocenters. The fraction of sp³-hybridized carbons (Fsp3) is 1.00. The first-order valence-electron chi connectivity index (χ1n) is 4.23. The summed E-state index contributed by atoms with van der Waals surface area (Å²) in [5.41, 5.74) is 0. The molecule has 0 aliphatic heterocycles. The van der Waals surface area contributed by atoms with Crippen molar-refractivity contribution in [3.8, 4) is 0 Å². The lowest BCUT2D eigenvalue weighted by Gasteiger charge is -2.10. The van der Waals surface area contributed by atoms with E-state index in [1.54, 1.807) is 0 Å². The van der Waals surface area contributed by atoms with Crippen molar-refractivity contribution in [2.45, 2.75) is 26.3 Å². The van der Waals surface area contributed by atoms with Crippen LogP contribution < -0.4 is 5.32 Å². The van der Waals surface area contributed by atoms with Gasteiger partial charge in [0.05, 0.1) is 0 Å². The standard InChI is InChI=1S/C8H19NOS/c1-3-9-8(2)7-11-6-4-5-10/h8-10H,3-7H2,1-2H3. The van der Waals surface area contributed by atoms with Gasteiger partial charge in [-0.2, -0.15) is 11.8 Å². The number of aliphatic hydroxyl groups excluding tert-OH is 1. The maximum atomic E-state index is 8.51. The maximum absolute atomic E-state index is 8.51.